The molecule has 1 unspecified atom stereocenters. The molecule has 0 fully saturated rings. The van der Waals surface area contributed by atoms with Crippen molar-refractivity contribution >= 4 is 11.9 Å². The number of amides is 1. The lowest BCUT2D eigenvalue weighted by Crippen LogP contribution is -2.37. The van der Waals surface area contributed by atoms with E-state index in [0.717, 1.165) is 19.6 Å². The standard InChI is InChI=1S/C13H22N4O3/c1-4-16(5-2)9-7-14-12(18)10(3)17-8-6-11(15-17)13(19)20/h6,8,10H,4-5,7,9H2,1-3H3,(H,14,18)(H,19,20). The van der Waals surface area contributed by atoms with Crippen molar-refractivity contribution in [2.45, 2.75) is 26.8 Å². The maximum absolute atomic E-state index is 11.9. The van der Waals surface area contributed by atoms with Gasteiger partial charge in [0.2, 0.25) is 5.91 Å². The first-order valence-corrected chi connectivity index (χ1v) is 6.78. The first-order valence-electron chi connectivity index (χ1n) is 6.78. The summed E-state index contributed by atoms with van der Waals surface area (Å²) < 4.78 is 1.36. The molecule has 1 aromatic heterocycles. The second-order valence-electron chi connectivity index (χ2n) is 4.48. The van der Waals surface area contributed by atoms with Gasteiger partial charge in [-0.1, -0.05) is 13.8 Å². The van der Waals surface area contributed by atoms with Crippen LogP contribution in [0.1, 0.15) is 37.3 Å². The van der Waals surface area contributed by atoms with Crippen LogP contribution in [-0.4, -0.2) is 57.8 Å². The van der Waals surface area contributed by atoms with Gasteiger partial charge in [0.25, 0.3) is 0 Å². The molecule has 0 saturated carbocycles. The summed E-state index contributed by atoms with van der Waals surface area (Å²) in [6, 6.07) is 0.849. The quantitative estimate of drug-likeness (QED) is 0.729. The van der Waals surface area contributed by atoms with Gasteiger partial charge >= 0.3 is 5.97 Å². The van der Waals surface area contributed by atoms with E-state index in [2.05, 4.69) is 29.2 Å². The highest BCUT2D eigenvalue weighted by atomic mass is 16.4. The lowest BCUT2D eigenvalue weighted by Gasteiger charge is -2.19. The van der Waals surface area contributed by atoms with E-state index in [9.17, 15) is 9.59 Å². The fourth-order valence-corrected chi connectivity index (χ4v) is 1.81. The van der Waals surface area contributed by atoms with Gasteiger partial charge in [0.1, 0.15) is 6.04 Å². The zero-order valence-electron chi connectivity index (χ0n) is 12.2. The number of carboxylic acid groups (broad SMARTS) is 1. The van der Waals surface area contributed by atoms with Gasteiger partial charge in [0, 0.05) is 19.3 Å². The molecule has 0 saturated heterocycles. The number of carbonyl (C=O) groups excluding carboxylic acids is 1. The molecule has 1 amide bonds. The molecule has 0 bridgehead atoms. The van der Waals surface area contributed by atoms with E-state index in [1.54, 1.807) is 6.92 Å². The van der Waals surface area contributed by atoms with Crippen LogP contribution in [0.3, 0.4) is 0 Å². The monoisotopic (exact) mass is 282 g/mol. The van der Waals surface area contributed by atoms with Crippen molar-refractivity contribution < 1.29 is 14.7 Å². The Bertz CT molecular complexity index is 454. The normalized spacial score (nSPS) is 12.4. The lowest BCUT2D eigenvalue weighted by molar-refractivity contribution is -0.124. The molecule has 112 valence electrons. The Kier molecular flexibility index (Phi) is 6.17. The lowest BCUT2D eigenvalue weighted by atomic mass is 10.3. The van der Waals surface area contributed by atoms with Crippen molar-refractivity contribution in [3.05, 3.63) is 18.0 Å². The third-order valence-electron chi connectivity index (χ3n) is 3.23. The topological polar surface area (TPSA) is 87.5 Å². The van der Waals surface area contributed by atoms with Gasteiger partial charge in [-0.3, -0.25) is 9.48 Å². The number of aromatic carboxylic acids is 1. The van der Waals surface area contributed by atoms with Crippen molar-refractivity contribution in [2.75, 3.05) is 26.2 Å². The summed E-state index contributed by atoms with van der Waals surface area (Å²) in [5.74, 6) is -1.27. The van der Waals surface area contributed by atoms with Gasteiger partial charge < -0.3 is 15.3 Å². The second kappa shape index (κ2) is 7.64. The molecule has 0 aliphatic carbocycles. The molecule has 1 rings (SSSR count). The molecule has 20 heavy (non-hydrogen) atoms. The fourth-order valence-electron chi connectivity index (χ4n) is 1.81. The van der Waals surface area contributed by atoms with E-state index < -0.39 is 12.0 Å². The minimum absolute atomic E-state index is 0.0622. The first kappa shape index (κ1) is 16.2. The maximum Gasteiger partial charge on any atom is 0.356 e. The zero-order chi connectivity index (χ0) is 15.1. The summed E-state index contributed by atoms with van der Waals surface area (Å²) in [5, 5.41) is 15.5. The number of aromatic nitrogens is 2. The third-order valence-corrected chi connectivity index (χ3v) is 3.23. The Hall–Kier alpha value is -1.89. The second-order valence-corrected chi connectivity index (χ2v) is 4.48. The number of nitrogens with zero attached hydrogens (tertiary/aromatic N) is 3. The summed E-state index contributed by atoms with van der Waals surface area (Å²) in [4.78, 5) is 24.9. The summed E-state index contributed by atoms with van der Waals surface area (Å²) in [6.07, 6.45) is 1.50. The van der Waals surface area contributed by atoms with Gasteiger partial charge in [-0.05, 0) is 26.1 Å². The Morgan fingerprint density at radius 3 is 2.60 bits per heavy atom. The Balaban J connectivity index is 2.47. The minimum Gasteiger partial charge on any atom is -0.476 e. The highest BCUT2D eigenvalue weighted by molar-refractivity contribution is 5.85. The van der Waals surface area contributed by atoms with E-state index in [1.165, 1.54) is 16.9 Å². The predicted molar refractivity (Wildman–Crippen MR) is 74.7 cm³/mol. The number of carboxylic acids is 1. The molecular weight excluding hydrogens is 260 g/mol. The number of nitrogens with one attached hydrogen (secondary N) is 1. The summed E-state index contributed by atoms with van der Waals surface area (Å²) in [7, 11) is 0. The number of rotatable bonds is 8. The van der Waals surface area contributed by atoms with Crippen LogP contribution in [0, 0.1) is 0 Å². The van der Waals surface area contributed by atoms with E-state index >= 15 is 0 Å². The molecule has 7 nitrogen and oxygen atoms in total. The van der Waals surface area contributed by atoms with Crippen molar-refractivity contribution in [1.29, 1.82) is 0 Å². The molecular formula is C13H22N4O3. The summed E-state index contributed by atoms with van der Waals surface area (Å²) in [6.45, 7) is 9.09. The molecule has 0 aliphatic heterocycles. The highest BCUT2D eigenvalue weighted by Gasteiger charge is 2.17. The van der Waals surface area contributed by atoms with Crippen molar-refractivity contribution in [3.8, 4) is 0 Å². The smallest absolute Gasteiger partial charge is 0.356 e. The largest absolute Gasteiger partial charge is 0.476 e. The van der Waals surface area contributed by atoms with Crippen LogP contribution in [0.5, 0.6) is 0 Å². The van der Waals surface area contributed by atoms with Gasteiger partial charge in [-0.2, -0.15) is 5.10 Å². The van der Waals surface area contributed by atoms with Crippen LogP contribution in [0.4, 0.5) is 0 Å². The Labute approximate surface area is 118 Å². The Morgan fingerprint density at radius 1 is 1.45 bits per heavy atom. The average molecular weight is 282 g/mol. The first-order chi connectivity index (χ1) is 9.49. The van der Waals surface area contributed by atoms with Crippen molar-refractivity contribution in [1.82, 2.24) is 20.0 Å². The molecule has 0 radical (unpaired) electrons. The van der Waals surface area contributed by atoms with Crippen LogP contribution in [0.2, 0.25) is 0 Å². The van der Waals surface area contributed by atoms with Crippen LogP contribution in [0.25, 0.3) is 0 Å². The van der Waals surface area contributed by atoms with E-state index in [4.69, 9.17) is 5.11 Å². The molecule has 7 heteroatoms. The maximum atomic E-state index is 11.9. The molecule has 0 aliphatic rings. The molecule has 1 aromatic rings. The van der Waals surface area contributed by atoms with Crippen LogP contribution in [-0.2, 0) is 4.79 Å². The SMILES string of the molecule is CCN(CC)CCNC(=O)C(C)n1ccc(C(=O)O)n1. The predicted octanol–water partition coefficient (Wildman–Crippen LogP) is 0.600. The van der Waals surface area contributed by atoms with Crippen LogP contribution in [0.15, 0.2) is 12.3 Å². The van der Waals surface area contributed by atoms with Crippen molar-refractivity contribution in [3.63, 3.8) is 0 Å². The fraction of sp³-hybridized carbons (Fsp3) is 0.615. The third kappa shape index (κ3) is 4.34. The van der Waals surface area contributed by atoms with E-state index in [1.807, 2.05) is 0 Å². The van der Waals surface area contributed by atoms with Gasteiger partial charge in [-0.25, -0.2) is 4.79 Å². The van der Waals surface area contributed by atoms with Gasteiger partial charge in [-0.15, -0.1) is 0 Å². The molecule has 1 atom stereocenters. The van der Waals surface area contributed by atoms with Gasteiger partial charge in [0.15, 0.2) is 5.69 Å². The summed E-state index contributed by atoms with van der Waals surface area (Å²) >= 11 is 0. The number of hydrogen-bond acceptors (Lipinski definition) is 4. The number of likely N-dealkylation sites (N-methyl/N-ethyl adjacent to an activating group) is 1. The molecule has 2 N–H and O–H groups in total. The van der Waals surface area contributed by atoms with Crippen LogP contribution < -0.4 is 5.32 Å². The minimum atomic E-state index is -1.10. The molecule has 0 spiro atoms. The van der Waals surface area contributed by atoms with Gasteiger partial charge in [0.05, 0.1) is 0 Å². The summed E-state index contributed by atoms with van der Waals surface area (Å²) in [5.41, 5.74) is -0.0622. The molecule has 0 aromatic carbocycles. The van der Waals surface area contributed by atoms with Crippen LogP contribution >= 0.6 is 0 Å². The molecule has 1 heterocycles. The van der Waals surface area contributed by atoms with E-state index in [-0.39, 0.29) is 11.6 Å². The highest BCUT2D eigenvalue weighted by Crippen LogP contribution is 2.05. The number of carbonyl (C=O) groups is 2. The zero-order valence-corrected chi connectivity index (χ0v) is 12.2. The van der Waals surface area contributed by atoms with Crippen molar-refractivity contribution in [2.24, 2.45) is 0 Å². The van der Waals surface area contributed by atoms with E-state index in [0.29, 0.717) is 6.54 Å². The Morgan fingerprint density at radius 2 is 2.10 bits per heavy atom. The average Bonchev–Trinajstić information content (AvgIpc) is 2.92. The number of hydrogen-bond donors (Lipinski definition) is 2.